The number of hydrogen-bond acceptors (Lipinski definition) is 8. The van der Waals surface area contributed by atoms with Gasteiger partial charge in [-0.25, -0.2) is 4.98 Å². The average molecular weight is 371 g/mol. The molecule has 1 amide bonds. The molecule has 1 N–H and O–H groups in total. The number of morpholine rings is 1. The topological polar surface area (TPSA) is 90.0 Å². The fourth-order valence-electron chi connectivity index (χ4n) is 2.29. The zero-order valence-electron chi connectivity index (χ0n) is 14.7. The van der Waals surface area contributed by atoms with Crippen LogP contribution in [0.4, 0.5) is 5.13 Å². The summed E-state index contributed by atoms with van der Waals surface area (Å²) in [6.07, 6.45) is 0.148. The molecule has 0 radical (unpaired) electrons. The van der Waals surface area contributed by atoms with Gasteiger partial charge in [0.15, 0.2) is 5.13 Å². The lowest BCUT2D eigenvalue weighted by molar-refractivity contribution is -0.142. The fraction of sp³-hybridized carbons (Fsp3) is 0.688. The van der Waals surface area contributed by atoms with Crippen LogP contribution in [-0.2, 0) is 25.6 Å². The monoisotopic (exact) mass is 371 g/mol. The lowest BCUT2D eigenvalue weighted by atomic mass is 10.3. The number of aromatic nitrogens is 1. The van der Waals surface area contributed by atoms with Crippen molar-refractivity contribution in [3.8, 4) is 0 Å². The average Bonchev–Trinajstić information content (AvgIpc) is 3.05. The van der Waals surface area contributed by atoms with Crippen LogP contribution in [0.1, 0.15) is 35.6 Å². The minimum absolute atomic E-state index is 0.148. The molecule has 0 unspecified atom stereocenters. The lowest BCUT2D eigenvalue weighted by Crippen LogP contribution is -2.36. The summed E-state index contributed by atoms with van der Waals surface area (Å²) in [6.45, 7) is 7.88. The van der Waals surface area contributed by atoms with Crippen molar-refractivity contribution in [1.29, 1.82) is 0 Å². The number of ether oxygens (including phenoxy) is 3. The van der Waals surface area contributed by atoms with E-state index in [2.05, 4.69) is 15.2 Å². The zero-order valence-corrected chi connectivity index (χ0v) is 15.5. The van der Waals surface area contributed by atoms with Gasteiger partial charge in [0.1, 0.15) is 4.88 Å². The van der Waals surface area contributed by atoms with Crippen molar-refractivity contribution in [2.75, 3.05) is 51.0 Å². The molecule has 1 saturated heterocycles. The van der Waals surface area contributed by atoms with Gasteiger partial charge in [-0.2, -0.15) is 0 Å². The lowest BCUT2D eigenvalue weighted by Gasteiger charge is -2.26. The van der Waals surface area contributed by atoms with E-state index < -0.39 is 0 Å². The third-order valence-electron chi connectivity index (χ3n) is 3.54. The minimum Gasteiger partial charge on any atom is -0.466 e. The number of carbonyl (C=O) groups is 2. The maximum atomic E-state index is 12.5. The SMILES string of the molecule is CCOCc1nc(N2CCOCC2)sc1C(=O)NCCC(=O)OCC. The number of hydrogen-bond donors (Lipinski definition) is 1. The molecule has 1 fully saturated rings. The molecule has 0 aromatic carbocycles. The normalized spacial score (nSPS) is 14.4. The molecule has 1 aromatic heterocycles. The van der Waals surface area contributed by atoms with Gasteiger partial charge in [0.25, 0.3) is 5.91 Å². The highest BCUT2D eigenvalue weighted by Gasteiger charge is 2.22. The van der Waals surface area contributed by atoms with Crippen LogP contribution in [0.5, 0.6) is 0 Å². The second kappa shape index (κ2) is 10.3. The Morgan fingerprint density at radius 3 is 2.72 bits per heavy atom. The van der Waals surface area contributed by atoms with Gasteiger partial charge in [0.2, 0.25) is 0 Å². The largest absolute Gasteiger partial charge is 0.466 e. The van der Waals surface area contributed by atoms with E-state index in [1.807, 2.05) is 6.92 Å². The molecule has 25 heavy (non-hydrogen) atoms. The minimum atomic E-state index is -0.323. The highest BCUT2D eigenvalue weighted by molar-refractivity contribution is 7.17. The number of rotatable bonds is 9. The number of anilines is 1. The molecule has 0 spiro atoms. The summed E-state index contributed by atoms with van der Waals surface area (Å²) in [4.78, 5) is 31.0. The van der Waals surface area contributed by atoms with Crippen LogP contribution in [-0.4, -0.2) is 62.9 Å². The molecule has 8 nitrogen and oxygen atoms in total. The number of esters is 1. The molecular weight excluding hydrogens is 346 g/mol. The highest BCUT2D eigenvalue weighted by atomic mass is 32.1. The van der Waals surface area contributed by atoms with Crippen molar-refractivity contribution >= 4 is 28.3 Å². The maximum absolute atomic E-state index is 12.5. The third kappa shape index (κ3) is 5.94. The first-order valence-corrected chi connectivity index (χ1v) is 9.31. The number of nitrogens with one attached hydrogen (secondary N) is 1. The van der Waals surface area contributed by atoms with Crippen LogP contribution in [0.25, 0.3) is 0 Å². The van der Waals surface area contributed by atoms with Gasteiger partial charge in [-0.05, 0) is 13.8 Å². The van der Waals surface area contributed by atoms with E-state index >= 15 is 0 Å². The summed E-state index contributed by atoms with van der Waals surface area (Å²) < 4.78 is 15.6. The Kier molecular flexibility index (Phi) is 8.10. The van der Waals surface area contributed by atoms with E-state index in [0.29, 0.717) is 37.0 Å². The number of nitrogens with zero attached hydrogens (tertiary/aromatic N) is 2. The second-order valence-corrected chi connectivity index (χ2v) is 6.30. The first-order chi connectivity index (χ1) is 12.2. The zero-order chi connectivity index (χ0) is 18.1. The first-order valence-electron chi connectivity index (χ1n) is 8.49. The molecule has 0 aliphatic carbocycles. The molecule has 2 heterocycles. The molecule has 1 aromatic rings. The molecule has 140 valence electrons. The van der Waals surface area contributed by atoms with Crippen molar-refractivity contribution in [3.05, 3.63) is 10.6 Å². The smallest absolute Gasteiger partial charge is 0.307 e. The Balaban J connectivity index is 2.01. The van der Waals surface area contributed by atoms with E-state index in [1.54, 1.807) is 6.92 Å². The summed E-state index contributed by atoms with van der Waals surface area (Å²) in [5.74, 6) is -0.563. The van der Waals surface area contributed by atoms with Crippen molar-refractivity contribution in [3.63, 3.8) is 0 Å². The van der Waals surface area contributed by atoms with Gasteiger partial charge in [-0.1, -0.05) is 11.3 Å². The highest BCUT2D eigenvalue weighted by Crippen LogP contribution is 2.27. The molecule has 0 bridgehead atoms. The van der Waals surface area contributed by atoms with Gasteiger partial charge < -0.3 is 24.4 Å². The molecule has 1 aliphatic heterocycles. The molecular formula is C16H25N3O5S. The second-order valence-electron chi connectivity index (χ2n) is 5.32. The Labute approximate surface area is 151 Å². The maximum Gasteiger partial charge on any atom is 0.307 e. The predicted octanol–water partition coefficient (Wildman–Crippen LogP) is 1.20. The van der Waals surface area contributed by atoms with E-state index in [4.69, 9.17) is 14.2 Å². The van der Waals surface area contributed by atoms with Crippen molar-refractivity contribution in [1.82, 2.24) is 10.3 Å². The summed E-state index contributed by atoms with van der Waals surface area (Å²) in [5.41, 5.74) is 0.627. The van der Waals surface area contributed by atoms with Gasteiger partial charge in [-0.3, -0.25) is 9.59 Å². The van der Waals surface area contributed by atoms with E-state index in [9.17, 15) is 9.59 Å². The predicted molar refractivity (Wildman–Crippen MR) is 94.1 cm³/mol. The molecule has 0 saturated carbocycles. The Bertz CT molecular complexity index is 572. The van der Waals surface area contributed by atoms with Crippen molar-refractivity contribution in [2.24, 2.45) is 0 Å². The Morgan fingerprint density at radius 2 is 2.04 bits per heavy atom. The molecule has 0 atom stereocenters. The van der Waals surface area contributed by atoms with Crippen molar-refractivity contribution in [2.45, 2.75) is 26.9 Å². The summed E-state index contributed by atoms with van der Waals surface area (Å²) >= 11 is 1.34. The summed E-state index contributed by atoms with van der Waals surface area (Å²) in [6, 6.07) is 0. The van der Waals surface area contributed by atoms with Crippen LogP contribution in [0, 0.1) is 0 Å². The number of amides is 1. The molecule has 2 rings (SSSR count). The standard InChI is InChI=1S/C16H25N3O5S/c1-3-22-11-12-14(15(21)17-6-5-13(20)24-4-2)25-16(18-12)19-7-9-23-10-8-19/h3-11H2,1-2H3,(H,17,21). The summed E-state index contributed by atoms with van der Waals surface area (Å²) in [5, 5.41) is 3.55. The number of thiazole rings is 1. The van der Waals surface area contributed by atoms with Crippen molar-refractivity contribution < 1.29 is 23.8 Å². The summed E-state index contributed by atoms with van der Waals surface area (Å²) in [7, 11) is 0. The fourth-order valence-corrected chi connectivity index (χ4v) is 3.33. The van der Waals surface area contributed by atoms with Gasteiger partial charge >= 0.3 is 5.97 Å². The van der Waals surface area contributed by atoms with Crippen LogP contribution in [0.2, 0.25) is 0 Å². The van der Waals surface area contributed by atoms with Crippen LogP contribution in [0.3, 0.4) is 0 Å². The van der Waals surface area contributed by atoms with E-state index in [-0.39, 0.29) is 31.4 Å². The first kappa shape index (κ1) is 19.6. The van der Waals surface area contributed by atoms with Crippen LogP contribution >= 0.6 is 11.3 Å². The van der Waals surface area contributed by atoms with Gasteiger partial charge in [0.05, 0.1) is 38.5 Å². The van der Waals surface area contributed by atoms with E-state index in [0.717, 1.165) is 18.2 Å². The molecule has 9 heteroatoms. The van der Waals surface area contributed by atoms with Crippen LogP contribution < -0.4 is 10.2 Å². The molecule has 1 aliphatic rings. The Hall–Kier alpha value is -1.71. The van der Waals surface area contributed by atoms with Gasteiger partial charge in [-0.15, -0.1) is 0 Å². The Morgan fingerprint density at radius 1 is 1.28 bits per heavy atom. The van der Waals surface area contributed by atoms with Crippen LogP contribution in [0.15, 0.2) is 0 Å². The number of carbonyl (C=O) groups excluding carboxylic acids is 2. The quantitative estimate of drug-likeness (QED) is 0.652. The van der Waals surface area contributed by atoms with Gasteiger partial charge in [0, 0.05) is 26.2 Å². The van der Waals surface area contributed by atoms with E-state index in [1.165, 1.54) is 11.3 Å². The third-order valence-corrected chi connectivity index (χ3v) is 4.69.